The van der Waals surface area contributed by atoms with E-state index in [4.69, 9.17) is 14.6 Å². The standard InChI is InChI=1S/C22H24N2O7S/c1-30-18-13-15(5-10-20(25)26)14-19(21(18)31-2)32(28,29)23-17-8-6-16(7-9-17)22(27)24-11-3-4-12-24/h5-10,13-14,23H,3-4,11-12H2,1-2H3,(H,25,26)/b10-5+. The number of nitrogens with zero attached hydrogens (tertiary/aromatic N) is 1. The third kappa shape index (κ3) is 5.20. The summed E-state index contributed by atoms with van der Waals surface area (Å²) in [5, 5.41) is 8.86. The van der Waals surface area contributed by atoms with E-state index >= 15 is 0 Å². The lowest BCUT2D eigenvalue weighted by Gasteiger charge is -2.17. The second-order valence-electron chi connectivity index (χ2n) is 7.11. The number of hydrogen-bond acceptors (Lipinski definition) is 6. The van der Waals surface area contributed by atoms with Gasteiger partial charge in [0.2, 0.25) is 0 Å². The average Bonchev–Trinajstić information content (AvgIpc) is 3.31. The number of methoxy groups -OCH3 is 2. The molecule has 32 heavy (non-hydrogen) atoms. The Morgan fingerprint density at radius 1 is 1.06 bits per heavy atom. The summed E-state index contributed by atoms with van der Waals surface area (Å²) in [6.45, 7) is 1.45. The van der Waals surface area contributed by atoms with Crippen molar-refractivity contribution in [3.05, 3.63) is 53.6 Å². The second-order valence-corrected chi connectivity index (χ2v) is 8.76. The lowest BCUT2D eigenvalue weighted by atomic mass is 10.2. The predicted octanol–water partition coefficient (Wildman–Crippen LogP) is 2.84. The SMILES string of the molecule is COc1cc(/C=C/C(=O)O)cc(S(=O)(=O)Nc2ccc(C(=O)N3CCCC3)cc2)c1OC. The van der Waals surface area contributed by atoms with Crippen LogP contribution in [0.15, 0.2) is 47.4 Å². The minimum Gasteiger partial charge on any atom is -0.493 e. The van der Waals surface area contributed by atoms with Crippen LogP contribution in [0.4, 0.5) is 5.69 Å². The topological polar surface area (TPSA) is 122 Å². The van der Waals surface area contributed by atoms with Crippen molar-refractivity contribution < 1.29 is 32.6 Å². The van der Waals surface area contributed by atoms with Crippen molar-refractivity contribution in [3.63, 3.8) is 0 Å². The van der Waals surface area contributed by atoms with E-state index in [0.717, 1.165) is 32.0 Å². The van der Waals surface area contributed by atoms with Gasteiger partial charge in [0, 0.05) is 30.4 Å². The van der Waals surface area contributed by atoms with E-state index in [1.54, 1.807) is 17.0 Å². The maximum Gasteiger partial charge on any atom is 0.328 e. The number of amides is 1. The van der Waals surface area contributed by atoms with Crippen LogP contribution in [0.3, 0.4) is 0 Å². The highest BCUT2D eigenvalue weighted by Crippen LogP contribution is 2.37. The molecule has 1 aliphatic heterocycles. The first-order valence-corrected chi connectivity index (χ1v) is 11.3. The van der Waals surface area contributed by atoms with Gasteiger partial charge in [-0.15, -0.1) is 0 Å². The van der Waals surface area contributed by atoms with E-state index in [2.05, 4.69) is 4.72 Å². The molecule has 1 amide bonds. The van der Waals surface area contributed by atoms with Crippen LogP contribution in [-0.4, -0.2) is 57.6 Å². The molecule has 170 valence electrons. The van der Waals surface area contributed by atoms with E-state index in [-0.39, 0.29) is 28.0 Å². The maximum atomic E-state index is 13.1. The smallest absolute Gasteiger partial charge is 0.328 e. The van der Waals surface area contributed by atoms with Crippen molar-refractivity contribution in [2.75, 3.05) is 32.0 Å². The predicted molar refractivity (Wildman–Crippen MR) is 119 cm³/mol. The fraction of sp³-hybridized carbons (Fsp3) is 0.273. The number of anilines is 1. The van der Waals surface area contributed by atoms with E-state index in [1.165, 1.54) is 44.6 Å². The molecule has 1 aliphatic rings. The van der Waals surface area contributed by atoms with Gasteiger partial charge in [-0.2, -0.15) is 0 Å². The number of carbonyl (C=O) groups excluding carboxylic acids is 1. The molecule has 10 heteroatoms. The number of nitrogens with one attached hydrogen (secondary N) is 1. The number of carbonyl (C=O) groups is 2. The number of sulfonamides is 1. The Morgan fingerprint density at radius 2 is 1.72 bits per heavy atom. The molecule has 9 nitrogen and oxygen atoms in total. The lowest BCUT2D eigenvalue weighted by Crippen LogP contribution is -2.27. The molecule has 0 bridgehead atoms. The summed E-state index contributed by atoms with van der Waals surface area (Å²) < 4.78 is 39.1. The Labute approximate surface area is 186 Å². The highest BCUT2D eigenvalue weighted by Gasteiger charge is 2.25. The van der Waals surface area contributed by atoms with Crippen LogP contribution in [0.2, 0.25) is 0 Å². The molecule has 3 rings (SSSR count). The summed E-state index contributed by atoms with van der Waals surface area (Å²) in [6.07, 6.45) is 4.11. The van der Waals surface area contributed by atoms with Gasteiger partial charge in [-0.3, -0.25) is 9.52 Å². The quantitative estimate of drug-likeness (QED) is 0.581. The van der Waals surface area contributed by atoms with Gasteiger partial charge >= 0.3 is 5.97 Å². The van der Waals surface area contributed by atoms with Crippen LogP contribution in [0.5, 0.6) is 11.5 Å². The van der Waals surface area contributed by atoms with Gasteiger partial charge < -0.3 is 19.5 Å². The van der Waals surface area contributed by atoms with Crippen LogP contribution in [0.25, 0.3) is 6.08 Å². The molecule has 1 fully saturated rings. The zero-order valence-corrected chi connectivity index (χ0v) is 18.5. The van der Waals surface area contributed by atoms with E-state index in [0.29, 0.717) is 11.1 Å². The fourth-order valence-electron chi connectivity index (χ4n) is 3.41. The first-order valence-electron chi connectivity index (χ1n) is 9.84. The minimum absolute atomic E-state index is 0.0201. The van der Waals surface area contributed by atoms with Crippen LogP contribution in [0, 0.1) is 0 Å². The monoisotopic (exact) mass is 460 g/mol. The summed E-state index contributed by atoms with van der Waals surface area (Å²) in [4.78, 5) is 24.9. The molecule has 0 aliphatic carbocycles. The summed E-state index contributed by atoms with van der Waals surface area (Å²) in [5.41, 5.74) is 1.04. The van der Waals surface area contributed by atoms with Crippen LogP contribution < -0.4 is 14.2 Å². The maximum absolute atomic E-state index is 13.1. The zero-order chi connectivity index (χ0) is 23.3. The van der Waals surface area contributed by atoms with Crippen LogP contribution in [0.1, 0.15) is 28.8 Å². The zero-order valence-electron chi connectivity index (χ0n) is 17.7. The van der Waals surface area contributed by atoms with Gasteiger partial charge in [0.25, 0.3) is 15.9 Å². The summed E-state index contributed by atoms with van der Waals surface area (Å²) in [7, 11) is -1.47. The lowest BCUT2D eigenvalue weighted by molar-refractivity contribution is -0.131. The molecular formula is C22H24N2O7S. The Balaban J connectivity index is 1.90. The minimum atomic E-state index is -4.13. The van der Waals surface area contributed by atoms with Gasteiger partial charge in [0.15, 0.2) is 11.5 Å². The number of hydrogen-bond donors (Lipinski definition) is 2. The normalized spacial score (nSPS) is 13.9. The molecule has 1 heterocycles. The number of aliphatic carboxylic acids is 1. The third-order valence-corrected chi connectivity index (χ3v) is 6.34. The summed E-state index contributed by atoms with van der Waals surface area (Å²) in [5.74, 6) is -1.15. The number of carboxylic acid groups (broad SMARTS) is 1. The molecule has 0 spiro atoms. The largest absolute Gasteiger partial charge is 0.493 e. The molecule has 2 aromatic carbocycles. The average molecular weight is 461 g/mol. The van der Waals surface area contributed by atoms with Crippen molar-refractivity contribution in [2.24, 2.45) is 0 Å². The fourth-order valence-corrected chi connectivity index (χ4v) is 4.68. The van der Waals surface area contributed by atoms with Crippen molar-refractivity contribution in [3.8, 4) is 11.5 Å². The highest BCUT2D eigenvalue weighted by molar-refractivity contribution is 7.92. The molecule has 0 atom stereocenters. The van der Waals surface area contributed by atoms with Crippen molar-refractivity contribution in [2.45, 2.75) is 17.7 Å². The van der Waals surface area contributed by atoms with Crippen molar-refractivity contribution in [1.82, 2.24) is 4.90 Å². The van der Waals surface area contributed by atoms with Gasteiger partial charge in [-0.25, -0.2) is 13.2 Å². The number of benzene rings is 2. The molecule has 2 aromatic rings. The molecule has 0 unspecified atom stereocenters. The molecule has 2 N–H and O–H groups in total. The summed E-state index contributed by atoms with van der Waals surface area (Å²) in [6, 6.07) is 8.92. The highest BCUT2D eigenvalue weighted by atomic mass is 32.2. The van der Waals surface area contributed by atoms with Crippen LogP contribution >= 0.6 is 0 Å². The number of rotatable bonds is 8. The number of ether oxygens (including phenoxy) is 2. The van der Waals surface area contributed by atoms with Gasteiger partial charge in [0.1, 0.15) is 4.90 Å². The first-order chi connectivity index (χ1) is 15.2. The number of likely N-dealkylation sites (tertiary alicyclic amines) is 1. The molecule has 1 saturated heterocycles. The third-order valence-electron chi connectivity index (χ3n) is 4.95. The Bertz CT molecular complexity index is 1140. The van der Waals surface area contributed by atoms with E-state index in [1.807, 2.05) is 0 Å². The van der Waals surface area contributed by atoms with Gasteiger partial charge in [-0.05, 0) is 60.9 Å². The molecular weight excluding hydrogens is 436 g/mol. The van der Waals surface area contributed by atoms with E-state index < -0.39 is 16.0 Å². The second kappa shape index (κ2) is 9.73. The van der Waals surface area contributed by atoms with Crippen molar-refractivity contribution >= 4 is 33.7 Å². The Hall–Kier alpha value is -3.53. The first kappa shape index (κ1) is 23.1. The molecule has 0 aromatic heterocycles. The number of carboxylic acids is 1. The van der Waals surface area contributed by atoms with Gasteiger partial charge in [-0.1, -0.05) is 0 Å². The summed E-state index contributed by atoms with van der Waals surface area (Å²) >= 11 is 0. The Morgan fingerprint density at radius 3 is 2.28 bits per heavy atom. The Kier molecular flexibility index (Phi) is 7.04. The molecule has 0 saturated carbocycles. The van der Waals surface area contributed by atoms with Gasteiger partial charge in [0.05, 0.1) is 14.2 Å². The van der Waals surface area contributed by atoms with E-state index in [9.17, 15) is 18.0 Å². The molecule has 0 radical (unpaired) electrons. The van der Waals surface area contributed by atoms with Crippen LogP contribution in [-0.2, 0) is 14.8 Å². The van der Waals surface area contributed by atoms with Crippen molar-refractivity contribution in [1.29, 1.82) is 0 Å².